The van der Waals surface area contributed by atoms with Gasteiger partial charge in [0, 0.05) is 0 Å². The van der Waals surface area contributed by atoms with Crippen LogP contribution in [0.2, 0.25) is 0 Å². The second kappa shape index (κ2) is 10.4. The molecular formula is C20H21N3O4. The van der Waals surface area contributed by atoms with Crippen molar-refractivity contribution in [2.75, 3.05) is 18.5 Å². The third kappa shape index (κ3) is 6.32. The monoisotopic (exact) mass is 367 g/mol. The minimum Gasteiger partial charge on any atom is -0.492 e. The fraction of sp³-hybridized carbons (Fsp3) is 0.150. The van der Waals surface area contributed by atoms with Gasteiger partial charge >= 0.3 is 11.8 Å². The first kappa shape index (κ1) is 19.7. The molecule has 0 spiro atoms. The number of rotatable bonds is 8. The fourth-order valence-electron chi connectivity index (χ4n) is 2.05. The zero-order valence-corrected chi connectivity index (χ0v) is 15.0. The number of para-hydroxylation sites is 2. The van der Waals surface area contributed by atoms with Crippen LogP contribution in [0.1, 0.15) is 12.5 Å². The highest BCUT2D eigenvalue weighted by molar-refractivity contribution is 6.39. The van der Waals surface area contributed by atoms with Crippen molar-refractivity contribution in [3.63, 3.8) is 0 Å². The Bertz CT molecular complexity index is 816. The number of nitrogens with zero attached hydrogens (tertiary/aromatic N) is 1. The number of anilines is 1. The molecule has 0 unspecified atom stereocenters. The molecule has 0 aliphatic carbocycles. The second-order valence-electron chi connectivity index (χ2n) is 5.25. The van der Waals surface area contributed by atoms with Crippen LogP contribution in [0.5, 0.6) is 11.5 Å². The zero-order valence-electron chi connectivity index (χ0n) is 15.0. The lowest BCUT2D eigenvalue weighted by molar-refractivity contribution is -0.136. The number of nitrogens with one attached hydrogen (secondary N) is 2. The van der Waals surface area contributed by atoms with Crippen LogP contribution in [-0.4, -0.2) is 31.2 Å². The first-order chi connectivity index (χ1) is 13.1. The van der Waals surface area contributed by atoms with Gasteiger partial charge in [0.05, 0.1) is 18.5 Å². The first-order valence-electron chi connectivity index (χ1n) is 8.34. The molecule has 27 heavy (non-hydrogen) atoms. The minimum absolute atomic E-state index is 0.415. The van der Waals surface area contributed by atoms with E-state index in [1.54, 1.807) is 54.6 Å². The molecule has 0 saturated heterocycles. The lowest BCUT2D eigenvalue weighted by Gasteiger charge is -2.10. The molecule has 0 atom stereocenters. The Hall–Kier alpha value is -3.61. The lowest BCUT2D eigenvalue weighted by Crippen LogP contribution is -2.32. The fourth-order valence-corrected chi connectivity index (χ4v) is 2.05. The SMILES string of the molecule is C=CCOc1ccc(/C=N\NC(=O)C(=O)Nc2ccccc2OCC)cc1. The van der Waals surface area contributed by atoms with Crippen molar-refractivity contribution in [1.82, 2.24) is 5.43 Å². The summed E-state index contributed by atoms with van der Waals surface area (Å²) in [4.78, 5) is 23.9. The maximum atomic E-state index is 12.0. The van der Waals surface area contributed by atoms with Crippen LogP contribution in [0.15, 0.2) is 66.3 Å². The number of amides is 2. The Kier molecular flexibility index (Phi) is 7.59. The molecule has 2 N–H and O–H groups in total. The van der Waals surface area contributed by atoms with Gasteiger partial charge in [-0.05, 0) is 48.9 Å². The molecule has 0 radical (unpaired) electrons. The zero-order chi connectivity index (χ0) is 19.5. The van der Waals surface area contributed by atoms with Gasteiger partial charge in [-0.1, -0.05) is 24.8 Å². The summed E-state index contributed by atoms with van der Waals surface area (Å²) in [6.45, 7) is 6.28. The summed E-state index contributed by atoms with van der Waals surface area (Å²) < 4.78 is 10.8. The van der Waals surface area contributed by atoms with Crippen molar-refractivity contribution in [2.24, 2.45) is 5.10 Å². The molecule has 0 aliphatic rings. The maximum absolute atomic E-state index is 12.0. The van der Waals surface area contributed by atoms with E-state index in [0.29, 0.717) is 30.4 Å². The third-order valence-electron chi connectivity index (χ3n) is 3.27. The summed E-state index contributed by atoms with van der Waals surface area (Å²) in [6, 6.07) is 13.9. The smallest absolute Gasteiger partial charge is 0.329 e. The molecule has 2 aromatic carbocycles. The molecule has 0 heterocycles. The standard InChI is InChI=1S/C20H21N3O4/c1-3-13-27-16-11-9-15(10-12-16)14-21-23-20(25)19(24)22-17-7-5-6-8-18(17)26-4-2/h3,5-12,14H,1,4,13H2,2H3,(H,22,24)(H,23,25)/b21-14-. The molecular weight excluding hydrogens is 346 g/mol. The minimum atomic E-state index is -0.886. The number of hydrogen-bond donors (Lipinski definition) is 2. The van der Waals surface area contributed by atoms with E-state index >= 15 is 0 Å². The van der Waals surface area contributed by atoms with Gasteiger partial charge in [0.2, 0.25) is 0 Å². The van der Waals surface area contributed by atoms with Gasteiger partial charge in [-0.3, -0.25) is 9.59 Å². The Morgan fingerprint density at radius 1 is 1.07 bits per heavy atom. The van der Waals surface area contributed by atoms with Crippen molar-refractivity contribution in [3.05, 3.63) is 66.7 Å². The van der Waals surface area contributed by atoms with Crippen molar-refractivity contribution >= 4 is 23.7 Å². The van der Waals surface area contributed by atoms with Gasteiger partial charge < -0.3 is 14.8 Å². The van der Waals surface area contributed by atoms with E-state index < -0.39 is 11.8 Å². The molecule has 0 bridgehead atoms. The second-order valence-corrected chi connectivity index (χ2v) is 5.25. The molecule has 0 aromatic heterocycles. The highest BCUT2D eigenvalue weighted by Crippen LogP contribution is 2.23. The third-order valence-corrected chi connectivity index (χ3v) is 3.27. The number of hydrogen-bond acceptors (Lipinski definition) is 5. The predicted molar refractivity (Wildman–Crippen MR) is 104 cm³/mol. The van der Waals surface area contributed by atoms with Crippen LogP contribution in [0.25, 0.3) is 0 Å². The van der Waals surface area contributed by atoms with Crippen LogP contribution in [0.3, 0.4) is 0 Å². The van der Waals surface area contributed by atoms with Gasteiger partial charge in [-0.25, -0.2) is 5.43 Å². The maximum Gasteiger partial charge on any atom is 0.329 e. The van der Waals surface area contributed by atoms with E-state index in [0.717, 1.165) is 5.56 Å². The average Bonchev–Trinajstić information content (AvgIpc) is 2.69. The summed E-state index contributed by atoms with van der Waals surface area (Å²) in [5.41, 5.74) is 3.34. The predicted octanol–water partition coefficient (Wildman–Crippen LogP) is 2.74. The normalized spacial score (nSPS) is 10.3. The molecule has 7 heteroatoms. The van der Waals surface area contributed by atoms with E-state index in [9.17, 15) is 9.59 Å². The van der Waals surface area contributed by atoms with Crippen LogP contribution < -0.4 is 20.2 Å². The Balaban J connectivity index is 1.88. The van der Waals surface area contributed by atoms with E-state index in [4.69, 9.17) is 9.47 Å². The molecule has 2 amide bonds. The van der Waals surface area contributed by atoms with Gasteiger partial charge in [-0.15, -0.1) is 0 Å². The number of carbonyl (C=O) groups is 2. The van der Waals surface area contributed by atoms with Gasteiger partial charge in [-0.2, -0.15) is 5.10 Å². The van der Waals surface area contributed by atoms with Gasteiger partial charge in [0.1, 0.15) is 18.1 Å². The van der Waals surface area contributed by atoms with Crippen LogP contribution in [0.4, 0.5) is 5.69 Å². The summed E-state index contributed by atoms with van der Waals surface area (Å²) in [6.07, 6.45) is 3.08. The van der Waals surface area contributed by atoms with Crippen molar-refractivity contribution in [2.45, 2.75) is 6.92 Å². The molecule has 0 fully saturated rings. The van der Waals surface area contributed by atoms with Crippen LogP contribution in [-0.2, 0) is 9.59 Å². The van der Waals surface area contributed by atoms with Crippen molar-refractivity contribution < 1.29 is 19.1 Å². The van der Waals surface area contributed by atoms with Crippen LogP contribution in [0, 0.1) is 0 Å². The summed E-state index contributed by atoms with van der Waals surface area (Å²) in [5.74, 6) is -0.539. The highest BCUT2D eigenvalue weighted by atomic mass is 16.5. The van der Waals surface area contributed by atoms with Gasteiger partial charge in [0.15, 0.2) is 0 Å². The Morgan fingerprint density at radius 2 is 1.81 bits per heavy atom. The number of ether oxygens (including phenoxy) is 2. The van der Waals surface area contributed by atoms with E-state index in [1.807, 2.05) is 6.92 Å². The summed E-state index contributed by atoms with van der Waals surface area (Å²) in [5, 5.41) is 6.28. The quantitative estimate of drug-likeness (QED) is 0.325. The Morgan fingerprint density at radius 3 is 2.52 bits per heavy atom. The molecule has 7 nitrogen and oxygen atoms in total. The first-order valence-corrected chi connectivity index (χ1v) is 8.34. The van der Waals surface area contributed by atoms with E-state index in [2.05, 4.69) is 22.4 Å². The van der Waals surface area contributed by atoms with Crippen LogP contribution >= 0.6 is 0 Å². The largest absolute Gasteiger partial charge is 0.492 e. The van der Waals surface area contributed by atoms with E-state index in [1.165, 1.54) is 6.21 Å². The molecule has 140 valence electrons. The molecule has 2 aromatic rings. The van der Waals surface area contributed by atoms with Crippen molar-refractivity contribution in [1.29, 1.82) is 0 Å². The van der Waals surface area contributed by atoms with Crippen molar-refractivity contribution in [3.8, 4) is 11.5 Å². The summed E-state index contributed by atoms with van der Waals surface area (Å²) >= 11 is 0. The molecule has 0 aliphatic heterocycles. The number of hydrazone groups is 1. The van der Waals surface area contributed by atoms with E-state index in [-0.39, 0.29) is 0 Å². The number of carbonyl (C=O) groups excluding carboxylic acids is 2. The van der Waals surface area contributed by atoms with Gasteiger partial charge in [0.25, 0.3) is 0 Å². The Labute approximate surface area is 157 Å². The number of benzene rings is 2. The lowest BCUT2D eigenvalue weighted by atomic mass is 10.2. The summed E-state index contributed by atoms with van der Waals surface area (Å²) in [7, 11) is 0. The molecule has 2 rings (SSSR count). The molecule has 0 saturated carbocycles. The topological polar surface area (TPSA) is 89.0 Å². The average molecular weight is 367 g/mol. The highest BCUT2D eigenvalue weighted by Gasteiger charge is 2.15.